The second-order valence-corrected chi connectivity index (χ2v) is 5.80. The Morgan fingerprint density at radius 2 is 2.05 bits per heavy atom. The standard InChI is InChI=1S/C15H21N3O3/c16-11-15(7-2-1-3-8-15)10-14(19)17-12-5-4-6-13(9-12)18(20)21/h4-6,9H,1-3,7-8,10-11,16H2,(H,17,19). The Morgan fingerprint density at radius 3 is 2.67 bits per heavy atom. The van der Waals surface area contributed by atoms with Gasteiger partial charge in [-0.25, -0.2) is 0 Å². The summed E-state index contributed by atoms with van der Waals surface area (Å²) in [5.41, 5.74) is 6.19. The Hall–Kier alpha value is -1.95. The Balaban J connectivity index is 2.00. The Morgan fingerprint density at radius 1 is 1.33 bits per heavy atom. The van der Waals surface area contributed by atoms with Crippen LogP contribution < -0.4 is 11.1 Å². The van der Waals surface area contributed by atoms with E-state index in [-0.39, 0.29) is 17.0 Å². The summed E-state index contributed by atoms with van der Waals surface area (Å²) in [4.78, 5) is 22.4. The lowest BCUT2D eigenvalue weighted by atomic mass is 9.71. The van der Waals surface area contributed by atoms with Crippen LogP contribution in [0.3, 0.4) is 0 Å². The van der Waals surface area contributed by atoms with Crippen molar-refractivity contribution in [3.05, 3.63) is 34.4 Å². The number of non-ortho nitro benzene ring substituents is 1. The van der Waals surface area contributed by atoms with E-state index >= 15 is 0 Å². The van der Waals surface area contributed by atoms with Crippen LogP contribution in [0.25, 0.3) is 0 Å². The van der Waals surface area contributed by atoms with Crippen LogP contribution in [0.2, 0.25) is 0 Å². The normalized spacial score (nSPS) is 17.2. The first-order chi connectivity index (χ1) is 10.0. The van der Waals surface area contributed by atoms with Gasteiger partial charge in [-0.3, -0.25) is 14.9 Å². The predicted octanol–water partition coefficient (Wildman–Crippen LogP) is 2.83. The van der Waals surface area contributed by atoms with E-state index in [4.69, 9.17) is 5.73 Å². The van der Waals surface area contributed by atoms with Crippen molar-refractivity contribution in [2.75, 3.05) is 11.9 Å². The summed E-state index contributed by atoms with van der Waals surface area (Å²) >= 11 is 0. The average Bonchev–Trinajstić information content (AvgIpc) is 2.48. The first kappa shape index (κ1) is 15.4. The second-order valence-electron chi connectivity index (χ2n) is 5.80. The zero-order valence-electron chi connectivity index (χ0n) is 12.0. The van der Waals surface area contributed by atoms with E-state index in [1.54, 1.807) is 12.1 Å². The van der Waals surface area contributed by atoms with E-state index in [1.165, 1.54) is 18.6 Å². The van der Waals surface area contributed by atoms with Crippen LogP contribution in [0.15, 0.2) is 24.3 Å². The number of nitrogens with one attached hydrogen (secondary N) is 1. The number of nitro groups is 1. The summed E-state index contributed by atoms with van der Waals surface area (Å²) in [6.07, 6.45) is 5.76. The molecule has 1 amide bonds. The molecule has 3 N–H and O–H groups in total. The number of anilines is 1. The number of nitrogens with two attached hydrogens (primary N) is 1. The van der Waals surface area contributed by atoms with Crippen molar-refractivity contribution < 1.29 is 9.72 Å². The number of nitro benzene ring substituents is 1. The molecule has 1 saturated carbocycles. The average molecular weight is 291 g/mol. The van der Waals surface area contributed by atoms with Crippen molar-refractivity contribution in [2.24, 2.45) is 11.1 Å². The Bertz CT molecular complexity index is 525. The SMILES string of the molecule is NCC1(CC(=O)Nc2cccc([N+](=O)[O-])c2)CCCCC1. The number of carbonyl (C=O) groups excluding carboxylic acids is 1. The van der Waals surface area contributed by atoms with E-state index in [1.807, 2.05) is 0 Å². The fraction of sp³-hybridized carbons (Fsp3) is 0.533. The highest BCUT2D eigenvalue weighted by Crippen LogP contribution is 2.38. The minimum atomic E-state index is -0.474. The molecule has 0 heterocycles. The molecule has 1 aliphatic rings. The van der Waals surface area contributed by atoms with Gasteiger partial charge in [0.05, 0.1) is 4.92 Å². The van der Waals surface area contributed by atoms with Gasteiger partial charge in [-0.05, 0) is 30.9 Å². The Labute approximate surface area is 123 Å². The van der Waals surface area contributed by atoms with Crippen molar-refractivity contribution >= 4 is 17.3 Å². The summed E-state index contributed by atoms with van der Waals surface area (Å²) in [7, 11) is 0. The minimum Gasteiger partial charge on any atom is -0.330 e. The molecule has 6 nitrogen and oxygen atoms in total. The van der Waals surface area contributed by atoms with Gasteiger partial charge in [0.2, 0.25) is 5.91 Å². The van der Waals surface area contributed by atoms with E-state index in [2.05, 4.69) is 5.32 Å². The maximum Gasteiger partial charge on any atom is 0.271 e. The van der Waals surface area contributed by atoms with Crippen LogP contribution in [0.5, 0.6) is 0 Å². The van der Waals surface area contributed by atoms with Gasteiger partial charge in [-0.15, -0.1) is 0 Å². The smallest absolute Gasteiger partial charge is 0.271 e. The van der Waals surface area contributed by atoms with Crippen molar-refractivity contribution in [2.45, 2.75) is 38.5 Å². The molecule has 6 heteroatoms. The summed E-state index contributed by atoms with van der Waals surface area (Å²) in [6, 6.07) is 5.99. The molecule has 0 aliphatic heterocycles. The summed E-state index contributed by atoms with van der Waals surface area (Å²) in [5.74, 6) is -0.122. The van der Waals surface area contributed by atoms with Gasteiger partial charge in [0, 0.05) is 24.2 Å². The molecular weight excluding hydrogens is 270 g/mol. The number of benzene rings is 1. The van der Waals surface area contributed by atoms with Crippen LogP contribution >= 0.6 is 0 Å². The third-order valence-corrected chi connectivity index (χ3v) is 4.22. The highest BCUT2D eigenvalue weighted by Gasteiger charge is 2.32. The molecule has 0 unspecified atom stereocenters. The number of hydrogen-bond donors (Lipinski definition) is 2. The van der Waals surface area contributed by atoms with Crippen LogP contribution in [0.1, 0.15) is 38.5 Å². The summed E-state index contributed by atoms with van der Waals surface area (Å²) < 4.78 is 0. The first-order valence-corrected chi connectivity index (χ1v) is 7.29. The third-order valence-electron chi connectivity index (χ3n) is 4.22. The molecule has 0 spiro atoms. The zero-order chi connectivity index (χ0) is 15.3. The quantitative estimate of drug-likeness (QED) is 0.643. The van der Waals surface area contributed by atoms with Crippen molar-refractivity contribution in [1.29, 1.82) is 0 Å². The number of nitrogens with zero attached hydrogens (tertiary/aromatic N) is 1. The molecule has 1 aliphatic carbocycles. The molecule has 1 aromatic carbocycles. The van der Waals surface area contributed by atoms with Gasteiger partial charge in [0.25, 0.3) is 5.69 Å². The molecule has 1 aromatic rings. The summed E-state index contributed by atoms with van der Waals surface area (Å²) in [5, 5.41) is 13.5. The third kappa shape index (κ3) is 4.01. The maximum absolute atomic E-state index is 12.2. The predicted molar refractivity (Wildman–Crippen MR) is 80.9 cm³/mol. The lowest BCUT2D eigenvalue weighted by molar-refractivity contribution is -0.384. The Kier molecular flexibility index (Phi) is 4.90. The highest BCUT2D eigenvalue weighted by atomic mass is 16.6. The van der Waals surface area contributed by atoms with Gasteiger partial charge in [-0.2, -0.15) is 0 Å². The van der Waals surface area contributed by atoms with E-state index in [0.717, 1.165) is 25.7 Å². The molecule has 0 atom stereocenters. The van der Waals surface area contributed by atoms with Crippen LogP contribution in [-0.2, 0) is 4.79 Å². The van der Waals surface area contributed by atoms with Gasteiger partial charge < -0.3 is 11.1 Å². The number of carbonyl (C=O) groups is 1. The highest BCUT2D eigenvalue weighted by molar-refractivity contribution is 5.91. The van der Waals surface area contributed by atoms with Gasteiger partial charge in [0.1, 0.15) is 0 Å². The van der Waals surface area contributed by atoms with Crippen LogP contribution in [-0.4, -0.2) is 17.4 Å². The van der Waals surface area contributed by atoms with Crippen molar-refractivity contribution in [1.82, 2.24) is 0 Å². The van der Waals surface area contributed by atoms with Crippen LogP contribution in [0, 0.1) is 15.5 Å². The maximum atomic E-state index is 12.2. The van der Waals surface area contributed by atoms with Crippen LogP contribution in [0.4, 0.5) is 11.4 Å². The minimum absolute atomic E-state index is 0.0287. The monoisotopic (exact) mass is 291 g/mol. The molecule has 1 fully saturated rings. The molecule has 0 saturated heterocycles. The second kappa shape index (κ2) is 6.67. The van der Waals surface area contributed by atoms with Crippen molar-refractivity contribution in [3.63, 3.8) is 0 Å². The van der Waals surface area contributed by atoms with Crippen molar-refractivity contribution in [3.8, 4) is 0 Å². The lowest BCUT2D eigenvalue weighted by Gasteiger charge is -2.35. The molecule has 0 radical (unpaired) electrons. The molecule has 21 heavy (non-hydrogen) atoms. The topological polar surface area (TPSA) is 98.3 Å². The van der Waals surface area contributed by atoms with Gasteiger partial charge >= 0.3 is 0 Å². The van der Waals surface area contributed by atoms with E-state index in [9.17, 15) is 14.9 Å². The lowest BCUT2D eigenvalue weighted by Crippen LogP contribution is -2.36. The first-order valence-electron chi connectivity index (χ1n) is 7.29. The fourth-order valence-corrected chi connectivity index (χ4v) is 3.00. The molecule has 2 rings (SSSR count). The number of rotatable bonds is 5. The zero-order valence-corrected chi connectivity index (χ0v) is 12.0. The van der Waals surface area contributed by atoms with Gasteiger partial charge in [-0.1, -0.05) is 25.3 Å². The summed E-state index contributed by atoms with van der Waals surface area (Å²) in [6.45, 7) is 0.509. The fourth-order valence-electron chi connectivity index (χ4n) is 3.00. The van der Waals surface area contributed by atoms with Gasteiger partial charge in [0.15, 0.2) is 0 Å². The largest absolute Gasteiger partial charge is 0.330 e. The number of hydrogen-bond acceptors (Lipinski definition) is 4. The molecule has 0 aromatic heterocycles. The van der Waals surface area contributed by atoms with E-state index in [0.29, 0.717) is 18.7 Å². The molecule has 0 bridgehead atoms. The molecular formula is C15H21N3O3. The number of amides is 1. The van der Waals surface area contributed by atoms with E-state index < -0.39 is 4.92 Å². The molecule has 114 valence electrons.